The molecule has 0 spiro atoms. The molecule has 1 amide bonds. The van der Waals surface area contributed by atoms with Crippen molar-refractivity contribution in [3.63, 3.8) is 0 Å². The third-order valence-electron chi connectivity index (χ3n) is 4.48. The maximum absolute atomic E-state index is 12.2. The minimum atomic E-state index is -0.350. The Morgan fingerprint density at radius 1 is 1.29 bits per heavy atom. The predicted octanol–water partition coefficient (Wildman–Crippen LogP) is 1.23. The van der Waals surface area contributed by atoms with E-state index in [4.69, 9.17) is 0 Å². The summed E-state index contributed by atoms with van der Waals surface area (Å²) in [6, 6.07) is 7.59. The standard InChI is InChI=1S/C16H20N2O3/c1-21-16(20)11-4-2-10(3-5-11)9-17-15(19)14-12-6-7-13(8-12)18-14/h2-5,12-14,18H,6-9H2,1H3,(H,17,19)/t12-,13?,14?/m1/s1. The van der Waals surface area contributed by atoms with Crippen LogP contribution in [-0.2, 0) is 16.1 Å². The highest BCUT2D eigenvalue weighted by atomic mass is 16.5. The first kappa shape index (κ1) is 14.1. The SMILES string of the molecule is COC(=O)c1ccc(CNC(=O)C2NC3CC[C@@H]2C3)cc1. The Hall–Kier alpha value is -1.88. The third-order valence-corrected chi connectivity index (χ3v) is 4.48. The number of carbonyl (C=O) groups is 2. The van der Waals surface area contributed by atoms with Crippen LogP contribution in [0.1, 0.15) is 35.2 Å². The van der Waals surface area contributed by atoms with E-state index in [1.165, 1.54) is 13.5 Å². The van der Waals surface area contributed by atoms with E-state index in [-0.39, 0.29) is 17.9 Å². The minimum Gasteiger partial charge on any atom is -0.465 e. The van der Waals surface area contributed by atoms with Crippen LogP contribution in [0.25, 0.3) is 0 Å². The van der Waals surface area contributed by atoms with Gasteiger partial charge in [0, 0.05) is 12.6 Å². The van der Waals surface area contributed by atoms with Crippen LogP contribution in [0.5, 0.6) is 0 Å². The van der Waals surface area contributed by atoms with Gasteiger partial charge >= 0.3 is 5.97 Å². The average Bonchev–Trinajstić information content (AvgIpc) is 3.15. The van der Waals surface area contributed by atoms with Crippen molar-refractivity contribution in [1.82, 2.24) is 10.6 Å². The Balaban J connectivity index is 1.53. The van der Waals surface area contributed by atoms with Crippen molar-refractivity contribution >= 4 is 11.9 Å². The van der Waals surface area contributed by atoms with Gasteiger partial charge in [0.2, 0.25) is 5.91 Å². The molecule has 2 unspecified atom stereocenters. The van der Waals surface area contributed by atoms with Gasteiger partial charge in [-0.15, -0.1) is 0 Å². The van der Waals surface area contributed by atoms with Gasteiger partial charge in [0.1, 0.15) is 0 Å². The Labute approximate surface area is 124 Å². The highest BCUT2D eigenvalue weighted by Gasteiger charge is 2.42. The number of ether oxygens (including phenoxy) is 1. The molecule has 1 aromatic carbocycles. The summed E-state index contributed by atoms with van der Waals surface area (Å²) >= 11 is 0. The van der Waals surface area contributed by atoms with Crippen molar-refractivity contribution in [3.8, 4) is 0 Å². The summed E-state index contributed by atoms with van der Waals surface area (Å²) < 4.78 is 4.65. The van der Waals surface area contributed by atoms with Crippen molar-refractivity contribution in [2.45, 2.75) is 37.9 Å². The molecule has 5 nitrogen and oxygen atoms in total. The van der Waals surface area contributed by atoms with Gasteiger partial charge in [-0.05, 0) is 42.9 Å². The van der Waals surface area contributed by atoms with Crippen molar-refractivity contribution < 1.29 is 14.3 Å². The number of amides is 1. The number of piperidine rings is 1. The maximum atomic E-state index is 12.2. The molecule has 5 heteroatoms. The fourth-order valence-corrected chi connectivity index (χ4v) is 3.33. The van der Waals surface area contributed by atoms with Crippen molar-refractivity contribution in [2.24, 2.45) is 5.92 Å². The molecule has 1 aliphatic carbocycles. The van der Waals surface area contributed by atoms with Crippen molar-refractivity contribution in [2.75, 3.05) is 7.11 Å². The van der Waals surface area contributed by atoms with Gasteiger partial charge in [-0.25, -0.2) is 4.79 Å². The quantitative estimate of drug-likeness (QED) is 0.818. The molecule has 1 aliphatic heterocycles. The second-order valence-corrected chi connectivity index (χ2v) is 5.82. The number of methoxy groups -OCH3 is 1. The van der Waals surface area contributed by atoms with Crippen LogP contribution in [0, 0.1) is 5.92 Å². The number of rotatable bonds is 4. The number of nitrogens with one attached hydrogen (secondary N) is 2. The summed E-state index contributed by atoms with van der Waals surface area (Å²) in [5, 5.41) is 6.36. The van der Waals surface area contributed by atoms with E-state index in [1.54, 1.807) is 12.1 Å². The number of carbonyl (C=O) groups excluding carboxylic acids is 2. The van der Waals surface area contributed by atoms with Crippen LogP contribution in [0.3, 0.4) is 0 Å². The number of esters is 1. The van der Waals surface area contributed by atoms with Gasteiger partial charge in [0.15, 0.2) is 0 Å². The molecule has 112 valence electrons. The smallest absolute Gasteiger partial charge is 0.337 e. The Bertz CT molecular complexity index is 541. The van der Waals surface area contributed by atoms with Gasteiger partial charge in [-0.2, -0.15) is 0 Å². The topological polar surface area (TPSA) is 67.4 Å². The van der Waals surface area contributed by atoms with Gasteiger partial charge in [0.25, 0.3) is 0 Å². The van der Waals surface area contributed by atoms with Gasteiger partial charge < -0.3 is 15.4 Å². The molecule has 2 N–H and O–H groups in total. The zero-order valence-corrected chi connectivity index (χ0v) is 12.1. The monoisotopic (exact) mass is 288 g/mol. The molecule has 1 saturated carbocycles. The Morgan fingerprint density at radius 3 is 2.62 bits per heavy atom. The van der Waals surface area contributed by atoms with Crippen LogP contribution in [-0.4, -0.2) is 31.1 Å². The maximum Gasteiger partial charge on any atom is 0.337 e. The van der Waals surface area contributed by atoms with Crippen LogP contribution in [0.2, 0.25) is 0 Å². The Morgan fingerprint density at radius 2 is 2.05 bits per heavy atom. The molecule has 0 aromatic heterocycles. The van der Waals surface area contributed by atoms with Crippen molar-refractivity contribution in [3.05, 3.63) is 35.4 Å². The summed E-state index contributed by atoms with van der Waals surface area (Å²) in [7, 11) is 1.36. The molecular formula is C16H20N2O3. The third kappa shape index (κ3) is 2.93. The van der Waals surface area contributed by atoms with E-state index >= 15 is 0 Å². The Kier molecular flexibility index (Phi) is 3.92. The molecule has 1 heterocycles. The largest absolute Gasteiger partial charge is 0.465 e. The van der Waals surface area contributed by atoms with Crippen LogP contribution < -0.4 is 10.6 Å². The fraction of sp³-hybridized carbons (Fsp3) is 0.500. The van der Waals surface area contributed by atoms with Gasteiger partial charge in [-0.3, -0.25) is 4.79 Å². The normalized spacial score (nSPS) is 26.6. The first-order chi connectivity index (χ1) is 10.2. The molecule has 1 saturated heterocycles. The molecule has 2 bridgehead atoms. The molecule has 0 radical (unpaired) electrons. The lowest BCUT2D eigenvalue weighted by atomic mass is 9.99. The van der Waals surface area contributed by atoms with Crippen LogP contribution >= 0.6 is 0 Å². The van der Waals surface area contributed by atoms with E-state index in [9.17, 15) is 9.59 Å². The van der Waals surface area contributed by atoms with Crippen LogP contribution in [0.15, 0.2) is 24.3 Å². The molecule has 1 aromatic rings. The summed E-state index contributed by atoms with van der Waals surface area (Å²) in [6.07, 6.45) is 3.49. The summed E-state index contributed by atoms with van der Waals surface area (Å²) in [6.45, 7) is 0.482. The van der Waals surface area contributed by atoms with Gasteiger partial charge in [-0.1, -0.05) is 12.1 Å². The first-order valence-electron chi connectivity index (χ1n) is 7.38. The highest BCUT2D eigenvalue weighted by molar-refractivity contribution is 5.89. The second-order valence-electron chi connectivity index (χ2n) is 5.82. The highest BCUT2D eigenvalue weighted by Crippen LogP contribution is 2.35. The molecule has 2 aliphatic rings. The summed E-state index contributed by atoms with van der Waals surface area (Å²) in [5.41, 5.74) is 1.49. The summed E-state index contributed by atoms with van der Waals surface area (Å²) in [5.74, 6) is 0.229. The minimum absolute atomic E-state index is 0.0295. The van der Waals surface area contributed by atoms with E-state index in [0.29, 0.717) is 24.1 Å². The zero-order valence-electron chi connectivity index (χ0n) is 12.1. The molecule has 2 fully saturated rings. The second kappa shape index (κ2) is 5.85. The van der Waals surface area contributed by atoms with E-state index in [0.717, 1.165) is 18.4 Å². The van der Waals surface area contributed by atoms with E-state index < -0.39 is 0 Å². The molecule has 3 rings (SSSR count). The van der Waals surface area contributed by atoms with Gasteiger partial charge in [0.05, 0.1) is 18.7 Å². The number of hydrogen-bond acceptors (Lipinski definition) is 4. The van der Waals surface area contributed by atoms with E-state index in [1.807, 2.05) is 12.1 Å². The molecule has 3 atom stereocenters. The van der Waals surface area contributed by atoms with Crippen LogP contribution in [0.4, 0.5) is 0 Å². The van der Waals surface area contributed by atoms with E-state index in [2.05, 4.69) is 15.4 Å². The average molecular weight is 288 g/mol. The zero-order chi connectivity index (χ0) is 14.8. The number of hydrogen-bond donors (Lipinski definition) is 2. The fourth-order valence-electron chi connectivity index (χ4n) is 3.33. The lowest BCUT2D eigenvalue weighted by molar-refractivity contribution is -0.124. The summed E-state index contributed by atoms with van der Waals surface area (Å²) in [4.78, 5) is 23.5. The first-order valence-corrected chi connectivity index (χ1v) is 7.38. The predicted molar refractivity (Wildman–Crippen MR) is 77.7 cm³/mol. The molecule has 21 heavy (non-hydrogen) atoms. The van der Waals surface area contributed by atoms with Crippen molar-refractivity contribution in [1.29, 1.82) is 0 Å². The number of fused-ring (bicyclic) bond motifs is 2. The molecular weight excluding hydrogens is 268 g/mol. The lowest BCUT2D eigenvalue weighted by Crippen LogP contribution is -2.47. The lowest BCUT2D eigenvalue weighted by Gasteiger charge is -2.22. The number of benzene rings is 1.